The Hall–Kier alpha value is 0.130. The lowest BCUT2D eigenvalue weighted by Crippen LogP contribution is -2.19. The number of hydrogen-bond donors (Lipinski definition) is 1. The van der Waals surface area contributed by atoms with Crippen molar-refractivity contribution in [2.75, 3.05) is 19.0 Å². The monoisotopic (exact) mass is 280 g/mol. The molecule has 0 rings (SSSR count). The van der Waals surface area contributed by atoms with Gasteiger partial charge in [-0.1, -0.05) is 54.2 Å². The Balaban J connectivity index is 3.87. The number of esters is 1. The predicted octanol–water partition coefficient (Wildman–Crippen LogP) is 3.26. The van der Waals surface area contributed by atoms with Gasteiger partial charge in [0.25, 0.3) is 0 Å². The second-order valence-corrected chi connectivity index (χ2v) is 6.42. The lowest BCUT2D eigenvalue weighted by molar-refractivity contribution is -0.142. The smallest absolute Gasteiger partial charge is 0.319 e. The molecule has 0 aromatic carbocycles. The standard InChI is InChI=1S/C12H24O3S2/c1-3-5-6-7-8-11(12(14)15-4-2)17-16-10-9-13/h11,13H,3-10H2,1-2H3. The van der Waals surface area contributed by atoms with Crippen LogP contribution in [-0.2, 0) is 9.53 Å². The van der Waals surface area contributed by atoms with Gasteiger partial charge < -0.3 is 9.84 Å². The number of rotatable bonds is 11. The first-order chi connectivity index (χ1) is 8.26. The quantitative estimate of drug-likeness (QED) is 0.357. The van der Waals surface area contributed by atoms with Gasteiger partial charge in [-0.15, -0.1) is 0 Å². The second kappa shape index (κ2) is 12.6. The van der Waals surface area contributed by atoms with Crippen LogP contribution in [0.25, 0.3) is 0 Å². The fourth-order valence-electron chi connectivity index (χ4n) is 1.36. The summed E-state index contributed by atoms with van der Waals surface area (Å²) in [6.07, 6.45) is 5.56. The Labute approximate surface area is 112 Å². The number of unbranched alkanes of at least 4 members (excludes halogenated alkanes) is 3. The van der Waals surface area contributed by atoms with Crippen molar-refractivity contribution < 1.29 is 14.6 Å². The highest BCUT2D eigenvalue weighted by Gasteiger charge is 2.20. The molecule has 102 valence electrons. The first kappa shape index (κ1) is 17.1. The Morgan fingerprint density at radius 1 is 1.29 bits per heavy atom. The topological polar surface area (TPSA) is 46.5 Å². The Kier molecular flexibility index (Phi) is 12.7. The third-order valence-corrected chi connectivity index (χ3v) is 4.98. The number of aliphatic hydroxyl groups is 1. The summed E-state index contributed by atoms with van der Waals surface area (Å²) in [4.78, 5) is 11.7. The average molecular weight is 280 g/mol. The number of carbonyl (C=O) groups excluding carboxylic acids is 1. The fraction of sp³-hybridized carbons (Fsp3) is 0.917. The molecule has 3 nitrogen and oxygen atoms in total. The molecule has 0 bridgehead atoms. The zero-order valence-electron chi connectivity index (χ0n) is 10.8. The first-order valence-corrected chi connectivity index (χ1v) is 8.70. The van der Waals surface area contributed by atoms with E-state index in [1.54, 1.807) is 10.8 Å². The van der Waals surface area contributed by atoms with Crippen LogP contribution >= 0.6 is 21.6 Å². The zero-order valence-corrected chi connectivity index (χ0v) is 12.4. The first-order valence-electron chi connectivity index (χ1n) is 6.32. The van der Waals surface area contributed by atoms with E-state index in [1.807, 2.05) is 6.92 Å². The Morgan fingerprint density at radius 3 is 2.65 bits per heavy atom. The maximum absolute atomic E-state index is 11.7. The summed E-state index contributed by atoms with van der Waals surface area (Å²) >= 11 is 0. The van der Waals surface area contributed by atoms with E-state index in [-0.39, 0.29) is 17.8 Å². The van der Waals surface area contributed by atoms with Gasteiger partial charge in [0.05, 0.1) is 13.2 Å². The molecule has 5 heteroatoms. The van der Waals surface area contributed by atoms with Gasteiger partial charge in [0.15, 0.2) is 0 Å². The SMILES string of the molecule is CCCCCCC(SSCCO)C(=O)OCC. The molecule has 0 saturated heterocycles. The van der Waals surface area contributed by atoms with Gasteiger partial charge in [0.1, 0.15) is 5.25 Å². The maximum Gasteiger partial charge on any atom is 0.319 e. The van der Waals surface area contributed by atoms with Crippen molar-refractivity contribution in [1.29, 1.82) is 0 Å². The van der Waals surface area contributed by atoms with Crippen molar-refractivity contribution in [2.24, 2.45) is 0 Å². The van der Waals surface area contributed by atoms with Crippen LogP contribution in [0, 0.1) is 0 Å². The number of ether oxygens (including phenoxy) is 1. The highest BCUT2D eigenvalue weighted by Crippen LogP contribution is 2.30. The van der Waals surface area contributed by atoms with Crippen molar-refractivity contribution in [3.05, 3.63) is 0 Å². The fourth-order valence-corrected chi connectivity index (χ4v) is 3.64. The zero-order chi connectivity index (χ0) is 12.9. The van der Waals surface area contributed by atoms with Crippen LogP contribution < -0.4 is 0 Å². The molecule has 1 atom stereocenters. The minimum atomic E-state index is -0.112. The van der Waals surface area contributed by atoms with Crippen LogP contribution in [-0.4, -0.2) is 35.3 Å². The van der Waals surface area contributed by atoms with Gasteiger partial charge in [-0.25, -0.2) is 0 Å². The molecule has 0 aromatic heterocycles. The summed E-state index contributed by atoms with van der Waals surface area (Å²) in [5.41, 5.74) is 0. The highest BCUT2D eigenvalue weighted by molar-refractivity contribution is 8.77. The molecule has 0 amide bonds. The lowest BCUT2D eigenvalue weighted by atomic mass is 10.1. The molecule has 0 aliphatic carbocycles. The minimum absolute atomic E-state index is 0.0802. The summed E-state index contributed by atoms with van der Waals surface area (Å²) in [6.45, 7) is 4.60. The average Bonchev–Trinajstić information content (AvgIpc) is 2.32. The Morgan fingerprint density at radius 2 is 2.06 bits per heavy atom. The summed E-state index contributed by atoms with van der Waals surface area (Å²) in [5, 5.41) is 8.64. The van der Waals surface area contributed by atoms with E-state index >= 15 is 0 Å². The van der Waals surface area contributed by atoms with E-state index in [0.717, 1.165) is 12.8 Å². The van der Waals surface area contributed by atoms with Gasteiger partial charge in [-0.05, 0) is 13.3 Å². The largest absolute Gasteiger partial charge is 0.465 e. The second-order valence-electron chi connectivity index (χ2n) is 3.73. The molecule has 0 radical (unpaired) electrons. The van der Waals surface area contributed by atoms with Gasteiger partial charge in [-0.3, -0.25) is 4.79 Å². The summed E-state index contributed by atoms with van der Waals surface area (Å²) in [6, 6.07) is 0. The summed E-state index contributed by atoms with van der Waals surface area (Å²) < 4.78 is 5.06. The maximum atomic E-state index is 11.7. The predicted molar refractivity (Wildman–Crippen MR) is 76.3 cm³/mol. The number of hydrogen-bond acceptors (Lipinski definition) is 5. The molecule has 0 fully saturated rings. The minimum Gasteiger partial charge on any atom is -0.465 e. The van der Waals surface area contributed by atoms with E-state index in [1.165, 1.54) is 30.1 Å². The normalized spacial score (nSPS) is 12.4. The van der Waals surface area contributed by atoms with Gasteiger partial charge in [-0.2, -0.15) is 0 Å². The molecule has 0 aromatic rings. The molecule has 0 heterocycles. The van der Waals surface area contributed by atoms with Gasteiger partial charge >= 0.3 is 5.97 Å². The van der Waals surface area contributed by atoms with Gasteiger partial charge in [0, 0.05) is 5.75 Å². The van der Waals surface area contributed by atoms with Crippen molar-refractivity contribution in [2.45, 2.75) is 51.2 Å². The van der Waals surface area contributed by atoms with Crippen LogP contribution in [0.5, 0.6) is 0 Å². The number of aliphatic hydroxyl groups excluding tert-OH is 1. The third kappa shape index (κ3) is 9.80. The van der Waals surface area contributed by atoms with Crippen molar-refractivity contribution in [3.8, 4) is 0 Å². The third-order valence-electron chi connectivity index (χ3n) is 2.23. The van der Waals surface area contributed by atoms with E-state index in [9.17, 15) is 4.79 Å². The molecule has 0 aliphatic rings. The summed E-state index contributed by atoms with van der Waals surface area (Å²) in [7, 11) is 3.08. The van der Waals surface area contributed by atoms with E-state index in [4.69, 9.17) is 9.84 Å². The van der Waals surface area contributed by atoms with E-state index in [2.05, 4.69) is 6.92 Å². The van der Waals surface area contributed by atoms with Gasteiger partial charge in [0.2, 0.25) is 0 Å². The number of carbonyl (C=O) groups is 1. The molecule has 17 heavy (non-hydrogen) atoms. The van der Waals surface area contributed by atoms with Crippen LogP contribution in [0.15, 0.2) is 0 Å². The molecule has 1 N–H and O–H groups in total. The molecule has 0 saturated carbocycles. The highest BCUT2D eigenvalue weighted by atomic mass is 33.1. The van der Waals surface area contributed by atoms with Crippen molar-refractivity contribution >= 4 is 27.6 Å². The molecular weight excluding hydrogens is 256 g/mol. The molecule has 0 spiro atoms. The van der Waals surface area contributed by atoms with Crippen LogP contribution in [0.1, 0.15) is 46.0 Å². The van der Waals surface area contributed by atoms with Crippen LogP contribution in [0.3, 0.4) is 0 Å². The van der Waals surface area contributed by atoms with Crippen molar-refractivity contribution in [3.63, 3.8) is 0 Å². The van der Waals surface area contributed by atoms with Crippen molar-refractivity contribution in [1.82, 2.24) is 0 Å². The molecule has 0 aliphatic heterocycles. The molecule has 1 unspecified atom stereocenters. The molecular formula is C12H24O3S2. The van der Waals surface area contributed by atoms with E-state index < -0.39 is 0 Å². The van der Waals surface area contributed by atoms with Crippen LogP contribution in [0.4, 0.5) is 0 Å². The summed E-state index contributed by atoms with van der Waals surface area (Å²) in [5.74, 6) is 0.551. The van der Waals surface area contributed by atoms with E-state index in [0.29, 0.717) is 12.4 Å². The lowest BCUT2D eigenvalue weighted by Gasteiger charge is -2.14. The van der Waals surface area contributed by atoms with Crippen LogP contribution in [0.2, 0.25) is 0 Å². The Bertz CT molecular complexity index is 189.